The SMILES string of the molecule is CC.CC.N#Cc1ccc(-c2cnn3ccc(-c4ccc(C(=O)N5CCC(N)CC5)cc4)nc23)cc1. The molecule has 0 bridgehead atoms. The number of carbonyl (C=O) groups excluding carboxylic acids is 1. The van der Waals surface area contributed by atoms with Gasteiger partial charge in [0.05, 0.1) is 23.5 Å². The van der Waals surface area contributed by atoms with Gasteiger partial charge in [0.2, 0.25) is 0 Å². The molecular weight excluding hydrogens is 448 g/mol. The molecule has 0 atom stereocenters. The highest BCUT2D eigenvalue weighted by molar-refractivity contribution is 5.94. The van der Waals surface area contributed by atoms with E-state index in [9.17, 15) is 4.79 Å². The van der Waals surface area contributed by atoms with Crippen LogP contribution >= 0.6 is 0 Å². The quantitative estimate of drug-likeness (QED) is 0.413. The van der Waals surface area contributed by atoms with Crippen molar-refractivity contribution in [2.75, 3.05) is 13.1 Å². The molecule has 0 aliphatic carbocycles. The summed E-state index contributed by atoms with van der Waals surface area (Å²) in [4.78, 5) is 19.5. The van der Waals surface area contributed by atoms with E-state index >= 15 is 0 Å². The van der Waals surface area contributed by atoms with Crippen LogP contribution in [0.15, 0.2) is 67.0 Å². The average Bonchev–Trinajstić information content (AvgIpc) is 3.39. The summed E-state index contributed by atoms with van der Waals surface area (Å²) >= 11 is 0. The van der Waals surface area contributed by atoms with Gasteiger partial charge in [-0.15, -0.1) is 0 Å². The first kappa shape index (κ1) is 26.6. The minimum Gasteiger partial charge on any atom is -0.339 e. The number of fused-ring (bicyclic) bond motifs is 1. The van der Waals surface area contributed by atoms with Gasteiger partial charge in [-0.2, -0.15) is 10.4 Å². The maximum Gasteiger partial charge on any atom is 0.253 e. The molecule has 5 rings (SSSR count). The number of piperidine rings is 1. The Morgan fingerprint density at radius 2 is 1.56 bits per heavy atom. The van der Waals surface area contributed by atoms with Crippen LogP contribution < -0.4 is 5.73 Å². The number of benzene rings is 2. The zero-order valence-electron chi connectivity index (χ0n) is 21.5. The van der Waals surface area contributed by atoms with E-state index in [1.54, 1.807) is 22.8 Å². The summed E-state index contributed by atoms with van der Waals surface area (Å²) in [5.41, 5.74) is 11.5. The number of nitrogens with two attached hydrogens (primary N) is 1. The summed E-state index contributed by atoms with van der Waals surface area (Å²) in [6, 6.07) is 19.2. The Hall–Kier alpha value is -4.02. The number of hydrogen-bond donors (Lipinski definition) is 1. The van der Waals surface area contributed by atoms with Crippen molar-refractivity contribution in [1.29, 1.82) is 5.26 Å². The largest absolute Gasteiger partial charge is 0.339 e. The van der Waals surface area contributed by atoms with Gasteiger partial charge in [0.15, 0.2) is 5.65 Å². The Kier molecular flexibility index (Phi) is 9.32. The van der Waals surface area contributed by atoms with Crippen LogP contribution in [0.3, 0.4) is 0 Å². The molecule has 0 saturated carbocycles. The highest BCUT2D eigenvalue weighted by atomic mass is 16.2. The van der Waals surface area contributed by atoms with Crippen LogP contribution in [0.2, 0.25) is 0 Å². The Morgan fingerprint density at radius 1 is 0.944 bits per heavy atom. The molecule has 2 N–H and O–H groups in total. The van der Waals surface area contributed by atoms with Crippen LogP contribution in [0.1, 0.15) is 56.5 Å². The summed E-state index contributed by atoms with van der Waals surface area (Å²) in [6.07, 6.45) is 5.35. The Labute approximate surface area is 213 Å². The van der Waals surface area contributed by atoms with E-state index in [0.717, 1.165) is 40.9 Å². The Morgan fingerprint density at radius 3 is 2.17 bits per heavy atom. The first-order valence-corrected chi connectivity index (χ1v) is 12.6. The number of carbonyl (C=O) groups is 1. The maximum atomic E-state index is 12.8. The fourth-order valence-corrected chi connectivity index (χ4v) is 4.03. The second kappa shape index (κ2) is 12.6. The first-order valence-electron chi connectivity index (χ1n) is 12.6. The lowest BCUT2D eigenvalue weighted by Crippen LogP contribution is -2.42. The van der Waals surface area contributed by atoms with Crippen LogP contribution in [-0.4, -0.2) is 44.5 Å². The summed E-state index contributed by atoms with van der Waals surface area (Å²) in [7, 11) is 0. The molecule has 1 aliphatic rings. The van der Waals surface area contributed by atoms with Crippen LogP contribution in [-0.2, 0) is 0 Å². The molecule has 0 radical (unpaired) electrons. The molecule has 36 heavy (non-hydrogen) atoms. The normalized spacial score (nSPS) is 13.2. The van der Waals surface area contributed by atoms with E-state index in [1.807, 2.05) is 81.3 Å². The Balaban J connectivity index is 0.000000861. The number of hydrogen-bond acceptors (Lipinski definition) is 5. The molecular formula is C29H34N6O. The molecule has 1 saturated heterocycles. The number of aromatic nitrogens is 3. The predicted octanol–water partition coefficient (Wildman–Crippen LogP) is 5.55. The van der Waals surface area contributed by atoms with Gasteiger partial charge in [0.25, 0.3) is 5.91 Å². The van der Waals surface area contributed by atoms with Gasteiger partial charge in [-0.3, -0.25) is 4.79 Å². The van der Waals surface area contributed by atoms with E-state index in [2.05, 4.69) is 11.2 Å². The summed E-state index contributed by atoms with van der Waals surface area (Å²) in [5, 5.41) is 13.4. The van der Waals surface area contributed by atoms with Crippen molar-refractivity contribution in [2.45, 2.75) is 46.6 Å². The molecule has 1 aliphatic heterocycles. The van der Waals surface area contributed by atoms with Crippen molar-refractivity contribution in [3.05, 3.63) is 78.1 Å². The van der Waals surface area contributed by atoms with Crippen LogP contribution in [0.4, 0.5) is 0 Å². The van der Waals surface area contributed by atoms with Gasteiger partial charge in [-0.25, -0.2) is 9.50 Å². The second-order valence-corrected chi connectivity index (χ2v) is 8.04. The Bertz CT molecular complexity index is 1310. The highest BCUT2D eigenvalue weighted by Crippen LogP contribution is 2.26. The van der Waals surface area contributed by atoms with Crippen molar-refractivity contribution in [3.63, 3.8) is 0 Å². The molecule has 0 unspecified atom stereocenters. The van der Waals surface area contributed by atoms with Crippen LogP contribution in [0.5, 0.6) is 0 Å². The van der Waals surface area contributed by atoms with E-state index in [4.69, 9.17) is 16.0 Å². The molecule has 3 heterocycles. The fraction of sp³-hybridized carbons (Fsp3) is 0.310. The van der Waals surface area contributed by atoms with Crippen molar-refractivity contribution < 1.29 is 4.79 Å². The average molecular weight is 483 g/mol. The molecule has 2 aromatic heterocycles. The zero-order chi connectivity index (χ0) is 26.1. The van der Waals surface area contributed by atoms with Gasteiger partial charge >= 0.3 is 0 Å². The molecule has 186 valence electrons. The number of amides is 1. The van der Waals surface area contributed by atoms with Gasteiger partial charge < -0.3 is 10.6 Å². The fourth-order valence-electron chi connectivity index (χ4n) is 4.03. The smallest absolute Gasteiger partial charge is 0.253 e. The second-order valence-electron chi connectivity index (χ2n) is 8.04. The highest BCUT2D eigenvalue weighted by Gasteiger charge is 2.21. The maximum absolute atomic E-state index is 12.8. The lowest BCUT2D eigenvalue weighted by atomic mass is 10.0. The van der Waals surface area contributed by atoms with Gasteiger partial charge in [-0.1, -0.05) is 52.0 Å². The molecule has 1 fully saturated rings. The lowest BCUT2D eigenvalue weighted by molar-refractivity contribution is 0.0715. The van der Waals surface area contributed by atoms with Crippen LogP contribution in [0, 0.1) is 11.3 Å². The van der Waals surface area contributed by atoms with Crippen molar-refractivity contribution >= 4 is 11.6 Å². The number of rotatable bonds is 3. The van der Waals surface area contributed by atoms with Crippen molar-refractivity contribution in [1.82, 2.24) is 19.5 Å². The van der Waals surface area contributed by atoms with Gasteiger partial charge in [0.1, 0.15) is 0 Å². The minimum absolute atomic E-state index is 0.0470. The molecule has 7 nitrogen and oxygen atoms in total. The number of nitriles is 1. The topological polar surface area (TPSA) is 100 Å². The van der Waals surface area contributed by atoms with Crippen LogP contribution in [0.25, 0.3) is 28.0 Å². The molecule has 7 heteroatoms. The summed E-state index contributed by atoms with van der Waals surface area (Å²) in [5.74, 6) is 0.0470. The lowest BCUT2D eigenvalue weighted by Gasteiger charge is -2.30. The van der Waals surface area contributed by atoms with E-state index in [-0.39, 0.29) is 11.9 Å². The first-order chi connectivity index (χ1) is 17.6. The standard InChI is InChI=1S/C25H22N6O.2C2H6/c26-15-17-1-3-18(4-2-17)22-16-28-31-14-11-23(29-24(22)31)19-5-7-20(8-6-19)25(32)30-12-9-21(27)10-13-30;2*1-2/h1-8,11,14,16,21H,9-10,12-13,27H2;2*1-2H3. The molecule has 2 aromatic carbocycles. The van der Waals surface area contributed by atoms with Crippen molar-refractivity contribution in [2.24, 2.45) is 5.73 Å². The van der Waals surface area contributed by atoms with E-state index in [1.165, 1.54) is 0 Å². The molecule has 4 aromatic rings. The third kappa shape index (κ3) is 5.78. The van der Waals surface area contributed by atoms with E-state index in [0.29, 0.717) is 24.2 Å². The summed E-state index contributed by atoms with van der Waals surface area (Å²) in [6.45, 7) is 9.42. The summed E-state index contributed by atoms with van der Waals surface area (Å²) < 4.78 is 1.73. The third-order valence-electron chi connectivity index (χ3n) is 5.95. The zero-order valence-corrected chi connectivity index (χ0v) is 21.5. The van der Waals surface area contributed by atoms with Crippen molar-refractivity contribution in [3.8, 4) is 28.5 Å². The minimum atomic E-state index is 0.0470. The molecule has 1 amide bonds. The third-order valence-corrected chi connectivity index (χ3v) is 5.95. The predicted molar refractivity (Wildman–Crippen MR) is 144 cm³/mol. The van der Waals surface area contributed by atoms with Gasteiger partial charge in [-0.05, 0) is 48.7 Å². The monoisotopic (exact) mass is 482 g/mol. The van der Waals surface area contributed by atoms with Gasteiger partial charge in [0, 0.05) is 42.0 Å². The number of likely N-dealkylation sites (tertiary alicyclic amines) is 1. The molecule has 0 spiro atoms. The number of nitrogens with zero attached hydrogens (tertiary/aromatic N) is 5. The van der Waals surface area contributed by atoms with E-state index < -0.39 is 0 Å².